The monoisotopic (exact) mass is 271 g/mol. The second kappa shape index (κ2) is 7.20. The zero-order valence-corrected chi connectivity index (χ0v) is 11.6. The molecular formula is C17H21NO2. The van der Waals surface area contributed by atoms with Crippen LogP contribution in [0.15, 0.2) is 60.7 Å². The molecule has 106 valence electrons. The van der Waals surface area contributed by atoms with Gasteiger partial charge in [-0.1, -0.05) is 60.7 Å². The van der Waals surface area contributed by atoms with Crippen LogP contribution in [0.25, 0.3) is 0 Å². The molecule has 0 unspecified atom stereocenters. The molecule has 0 aliphatic rings. The summed E-state index contributed by atoms with van der Waals surface area (Å²) in [5.41, 5.74) is 7.80. The van der Waals surface area contributed by atoms with Gasteiger partial charge in [-0.25, -0.2) is 0 Å². The molecule has 3 heteroatoms. The van der Waals surface area contributed by atoms with Crippen molar-refractivity contribution in [2.24, 2.45) is 5.73 Å². The van der Waals surface area contributed by atoms with Crippen molar-refractivity contribution >= 4 is 0 Å². The first-order valence-electron chi connectivity index (χ1n) is 6.83. The average Bonchev–Trinajstić information content (AvgIpc) is 2.49. The highest BCUT2D eigenvalue weighted by molar-refractivity contribution is 5.29. The maximum Gasteiger partial charge on any atom is 0.108 e. The second-order valence-corrected chi connectivity index (χ2v) is 4.96. The normalized spacial score (nSPS) is 14.2. The minimum Gasteiger partial charge on any atom is -0.389 e. The Kier molecular flexibility index (Phi) is 5.30. The summed E-state index contributed by atoms with van der Waals surface area (Å²) in [4.78, 5) is 0. The fourth-order valence-corrected chi connectivity index (χ4v) is 1.99. The van der Waals surface area contributed by atoms with E-state index in [1.807, 2.05) is 60.7 Å². The molecule has 2 aromatic rings. The highest BCUT2D eigenvalue weighted by Crippen LogP contribution is 2.25. The van der Waals surface area contributed by atoms with Gasteiger partial charge in [0.15, 0.2) is 0 Å². The number of ether oxygens (including phenoxy) is 1. The largest absolute Gasteiger partial charge is 0.389 e. The van der Waals surface area contributed by atoms with Gasteiger partial charge in [-0.15, -0.1) is 0 Å². The van der Waals surface area contributed by atoms with Gasteiger partial charge < -0.3 is 15.6 Å². The van der Waals surface area contributed by atoms with Crippen molar-refractivity contribution in [2.45, 2.75) is 25.2 Å². The lowest BCUT2D eigenvalue weighted by Gasteiger charge is -2.22. The summed E-state index contributed by atoms with van der Waals surface area (Å²) in [6.45, 7) is 1.99. The molecule has 0 spiro atoms. The first kappa shape index (κ1) is 14.7. The van der Waals surface area contributed by atoms with Gasteiger partial charge in [0.1, 0.15) is 6.10 Å². The average molecular weight is 271 g/mol. The van der Waals surface area contributed by atoms with Gasteiger partial charge in [0.2, 0.25) is 0 Å². The lowest BCUT2D eigenvalue weighted by molar-refractivity contribution is -0.00185. The molecule has 0 bridgehead atoms. The SMILES string of the molecule is C[C@@H](N)[C@@H](O)COC(c1ccccc1)c1ccccc1. The molecule has 20 heavy (non-hydrogen) atoms. The maximum absolute atomic E-state index is 9.82. The van der Waals surface area contributed by atoms with Crippen LogP contribution in [-0.2, 0) is 4.74 Å². The number of nitrogens with two attached hydrogens (primary N) is 1. The second-order valence-electron chi connectivity index (χ2n) is 4.96. The molecule has 3 nitrogen and oxygen atoms in total. The predicted molar refractivity (Wildman–Crippen MR) is 80.3 cm³/mol. The molecule has 0 radical (unpaired) electrons. The first-order valence-corrected chi connectivity index (χ1v) is 6.83. The van der Waals surface area contributed by atoms with Crippen LogP contribution >= 0.6 is 0 Å². The van der Waals surface area contributed by atoms with Gasteiger partial charge in [0.25, 0.3) is 0 Å². The third-order valence-electron chi connectivity index (χ3n) is 3.25. The van der Waals surface area contributed by atoms with E-state index in [0.717, 1.165) is 11.1 Å². The van der Waals surface area contributed by atoms with Crippen LogP contribution in [0.2, 0.25) is 0 Å². The van der Waals surface area contributed by atoms with Crippen molar-refractivity contribution in [2.75, 3.05) is 6.61 Å². The van der Waals surface area contributed by atoms with Crippen molar-refractivity contribution in [3.05, 3.63) is 71.8 Å². The number of aliphatic hydroxyl groups excluding tert-OH is 1. The third kappa shape index (κ3) is 3.90. The summed E-state index contributed by atoms with van der Waals surface area (Å²) >= 11 is 0. The molecular weight excluding hydrogens is 250 g/mol. The summed E-state index contributed by atoms with van der Waals surface area (Å²) in [5.74, 6) is 0. The van der Waals surface area contributed by atoms with E-state index in [2.05, 4.69) is 0 Å². The zero-order chi connectivity index (χ0) is 14.4. The Morgan fingerprint density at radius 1 is 0.950 bits per heavy atom. The van der Waals surface area contributed by atoms with Crippen molar-refractivity contribution in [3.8, 4) is 0 Å². The van der Waals surface area contributed by atoms with Gasteiger partial charge in [-0.05, 0) is 18.1 Å². The molecule has 0 heterocycles. The van der Waals surface area contributed by atoms with E-state index in [9.17, 15) is 5.11 Å². The molecule has 3 N–H and O–H groups in total. The van der Waals surface area contributed by atoms with Crippen LogP contribution in [0.4, 0.5) is 0 Å². The molecule has 2 rings (SSSR count). The molecule has 2 atom stereocenters. The molecule has 0 aromatic heterocycles. The maximum atomic E-state index is 9.82. The van der Waals surface area contributed by atoms with Crippen LogP contribution < -0.4 is 5.73 Å². The van der Waals surface area contributed by atoms with Gasteiger partial charge in [-0.3, -0.25) is 0 Å². The fraction of sp³-hybridized carbons (Fsp3) is 0.294. The number of hydrogen-bond donors (Lipinski definition) is 2. The number of hydrogen-bond acceptors (Lipinski definition) is 3. The first-order chi connectivity index (χ1) is 9.68. The van der Waals surface area contributed by atoms with Gasteiger partial charge in [0, 0.05) is 6.04 Å². The molecule has 0 aliphatic heterocycles. The van der Waals surface area contributed by atoms with E-state index in [4.69, 9.17) is 10.5 Å². The highest BCUT2D eigenvalue weighted by atomic mass is 16.5. The van der Waals surface area contributed by atoms with Gasteiger partial charge in [-0.2, -0.15) is 0 Å². The molecule has 0 saturated carbocycles. The van der Waals surface area contributed by atoms with E-state index >= 15 is 0 Å². The van der Waals surface area contributed by atoms with Crippen LogP contribution in [0.1, 0.15) is 24.2 Å². The van der Waals surface area contributed by atoms with Crippen LogP contribution in [-0.4, -0.2) is 23.9 Å². The summed E-state index contributed by atoms with van der Waals surface area (Å²) in [6.07, 6.45) is -0.851. The Morgan fingerprint density at radius 2 is 1.40 bits per heavy atom. The number of benzene rings is 2. The Bertz CT molecular complexity index is 459. The predicted octanol–water partition coefficient (Wildman–Crippen LogP) is 2.50. The minimum absolute atomic E-state index is 0.189. The highest BCUT2D eigenvalue weighted by Gasteiger charge is 2.17. The molecule has 2 aromatic carbocycles. The Morgan fingerprint density at radius 3 is 1.80 bits per heavy atom. The summed E-state index contributed by atoms with van der Waals surface area (Å²) in [6, 6.07) is 19.7. The summed E-state index contributed by atoms with van der Waals surface area (Å²) in [5, 5.41) is 9.82. The van der Waals surface area contributed by atoms with Crippen molar-refractivity contribution in [1.29, 1.82) is 0 Å². The summed E-state index contributed by atoms with van der Waals surface area (Å²) in [7, 11) is 0. The topological polar surface area (TPSA) is 55.5 Å². The smallest absolute Gasteiger partial charge is 0.108 e. The molecule has 0 aliphatic carbocycles. The zero-order valence-electron chi connectivity index (χ0n) is 11.6. The van der Waals surface area contributed by atoms with Crippen LogP contribution in [0.3, 0.4) is 0 Å². The third-order valence-corrected chi connectivity index (χ3v) is 3.25. The van der Waals surface area contributed by atoms with Crippen molar-refractivity contribution in [1.82, 2.24) is 0 Å². The number of aliphatic hydroxyl groups is 1. The van der Waals surface area contributed by atoms with Gasteiger partial charge in [0.05, 0.1) is 12.7 Å². The van der Waals surface area contributed by atoms with E-state index in [0.29, 0.717) is 0 Å². The van der Waals surface area contributed by atoms with E-state index < -0.39 is 6.10 Å². The molecule has 0 amide bonds. The van der Waals surface area contributed by atoms with E-state index in [-0.39, 0.29) is 18.8 Å². The van der Waals surface area contributed by atoms with Crippen molar-refractivity contribution < 1.29 is 9.84 Å². The Balaban J connectivity index is 2.17. The quantitative estimate of drug-likeness (QED) is 0.848. The van der Waals surface area contributed by atoms with Crippen LogP contribution in [0.5, 0.6) is 0 Å². The Hall–Kier alpha value is -1.68. The standard InChI is InChI=1S/C17H21NO2/c1-13(18)16(19)12-20-17(14-8-4-2-5-9-14)15-10-6-3-7-11-15/h2-11,13,16-17,19H,12,18H2,1H3/t13-,16+/m1/s1. The lowest BCUT2D eigenvalue weighted by atomic mass is 10.0. The van der Waals surface area contributed by atoms with E-state index in [1.165, 1.54) is 0 Å². The minimum atomic E-state index is -0.662. The fourth-order valence-electron chi connectivity index (χ4n) is 1.99. The molecule has 0 saturated heterocycles. The number of rotatable bonds is 6. The van der Waals surface area contributed by atoms with E-state index in [1.54, 1.807) is 6.92 Å². The molecule has 0 fully saturated rings. The lowest BCUT2D eigenvalue weighted by Crippen LogP contribution is -2.35. The van der Waals surface area contributed by atoms with Crippen LogP contribution in [0, 0.1) is 0 Å². The van der Waals surface area contributed by atoms with Gasteiger partial charge >= 0.3 is 0 Å². The summed E-state index contributed by atoms with van der Waals surface area (Å²) < 4.78 is 5.91. The van der Waals surface area contributed by atoms with Crippen molar-refractivity contribution in [3.63, 3.8) is 0 Å². The Labute approximate surface area is 120 Å².